The van der Waals surface area contributed by atoms with Gasteiger partial charge in [0.05, 0.1) is 0 Å². The molecule has 1 amide bonds. The number of nitrogens with two attached hydrogens (primary N) is 1. The second kappa shape index (κ2) is 5.08. The van der Waals surface area contributed by atoms with Crippen molar-refractivity contribution in [2.75, 3.05) is 6.54 Å². The maximum Gasteiger partial charge on any atom is 0.220 e. The van der Waals surface area contributed by atoms with Crippen LogP contribution >= 0.6 is 0 Å². The van der Waals surface area contributed by atoms with E-state index in [0.717, 1.165) is 37.1 Å². The van der Waals surface area contributed by atoms with Gasteiger partial charge in [0, 0.05) is 19.0 Å². The molecule has 3 N–H and O–H groups in total. The van der Waals surface area contributed by atoms with Crippen LogP contribution in [0.15, 0.2) is 0 Å². The first-order valence-electron chi connectivity index (χ1n) is 8.07. The first-order chi connectivity index (χ1) is 9.05. The third-order valence-corrected chi connectivity index (χ3v) is 5.62. The van der Waals surface area contributed by atoms with Crippen LogP contribution in [-0.4, -0.2) is 18.5 Å². The van der Waals surface area contributed by atoms with E-state index in [4.69, 9.17) is 5.73 Å². The van der Waals surface area contributed by atoms with Crippen molar-refractivity contribution >= 4 is 5.91 Å². The Hall–Kier alpha value is -0.570. The van der Waals surface area contributed by atoms with E-state index >= 15 is 0 Å². The average molecular weight is 264 g/mol. The van der Waals surface area contributed by atoms with Gasteiger partial charge in [0.1, 0.15) is 0 Å². The van der Waals surface area contributed by atoms with Crippen molar-refractivity contribution < 1.29 is 4.79 Å². The zero-order chi connectivity index (χ0) is 13.5. The Kier molecular flexibility index (Phi) is 3.59. The smallest absolute Gasteiger partial charge is 0.220 e. The predicted molar refractivity (Wildman–Crippen MR) is 76.5 cm³/mol. The van der Waals surface area contributed by atoms with Crippen molar-refractivity contribution in [2.45, 2.75) is 64.3 Å². The number of amides is 1. The molecule has 108 valence electrons. The van der Waals surface area contributed by atoms with E-state index < -0.39 is 0 Å². The van der Waals surface area contributed by atoms with Crippen LogP contribution in [0.4, 0.5) is 0 Å². The van der Waals surface area contributed by atoms with E-state index in [0.29, 0.717) is 5.41 Å². The van der Waals surface area contributed by atoms with Gasteiger partial charge in [0.25, 0.3) is 0 Å². The number of carbonyl (C=O) groups is 1. The Labute approximate surface area is 116 Å². The van der Waals surface area contributed by atoms with Crippen molar-refractivity contribution in [3.8, 4) is 0 Å². The molecule has 4 rings (SSSR count). The van der Waals surface area contributed by atoms with Crippen LogP contribution in [0.25, 0.3) is 0 Å². The highest BCUT2D eigenvalue weighted by Crippen LogP contribution is 2.61. The zero-order valence-corrected chi connectivity index (χ0v) is 12.2. The fourth-order valence-electron chi connectivity index (χ4n) is 5.35. The lowest BCUT2D eigenvalue weighted by atomic mass is 9.49. The summed E-state index contributed by atoms with van der Waals surface area (Å²) in [6.07, 6.45) is 9.96. The summed E-state index contributed by atoms with van der Waals surface area (Å²) in [5.74, 6) is 3.07. The van der Waals surface area contributed by atoms with Crippen molar-refractivity contribution in [2.24, 2.45) is 28.9 Å². The van der Waals surface area contributed by atoms with Gasteiger partial charge in [0.2, 0.25) is 5.91 Å². The molecule has 19 heavy (non-hydrogen) atoms. The molecule has 0 aliphatic heterocycles. The van der Waals surface area contributed by atoms with Gasteiger partial charge >= 0.3 is 0 Å². The molecule has 1 unspecified atom stereocenters. The first kappa shape index (κ1) is 13.4. The Morgan fingerprint density at radius 3 is 2.21 bits per heavy atom. The maximum absolute atomic E-state index is 12.2. The van der Waals surface area contributed by atoms with Gasteiger partial charge in [-0.05, 0) is 75.0 Å². The third-order valence-electron chi connectivity index (χ3n) is 5.62. The van der Waals surface area contributed by atoms with E-state index in [1.54, 1.807) is 0 Å². The number of rotatable bonds is 5. The van der Waals surface area contributed by atoms with Crippen LogP contribution < -0.4 is 11.1 Å². The second-order valence-corrected chi connectivity index (χ2v) is 7.71. The number of carbonyl (C=O) groups excluding carboxylic acids is 1. The minimum atomic E-state index is 0.180. The predicted octanol–water partition coefficient (Wildman–Crippen LogP) is 2.45. The molecule has 0 aromatic carbocycles. The largest absolute Gasteiger partial charge is 0.356 e. The highest BCUT2D eigenvalue weighted by atomic mass is 16.1. The molecule has 4 bridgehead atoms. The maximum atomic E-state index is 12.2. The molecule has 3 nitrogen and oxygen atoms in total. The Morgan fingerprint density at radius 2 is 1.74 bits per heavy atom. The molecule has 4 saturated carbocycles. The molecule has 0 radical (unpaired) electrons. The fraction of sp³-hybridized carbons (Fsp3) is 0.938. The van der Waals surface area contributed by atoms with Crippen LogP contribution in [0.5, 0.6) is 0 Å². The number of hydrogen-bond acceptors (Lipinski definition) is 2. The van der Waals surface area contributed by atoms with Crippen molar-refractivity contribution in [1.29, 1.82) is 0 Å². The monoisotopic (exact) mass is 264 g/mol. The second-order valence-electron chi connectivity index (χ2n) is 7.71. The van der Waals surface area contributed by atoms with Gasteiger partial charge in [-0.15, -0.1) is 0 Å². The third kappa shape index (κ3) is 2.96. The summed E-state index contributed by atoms with van der Waals surface area (Å²) in [5.41, 5.74) is 6.08. The van der Waals surface area contributed by atoms with Crippen LogP contribution in [-0.2, 0) is 4.79 Å². The molecular weight excluding hydrogens is 236 g/mol. The summed E-state index contributed by atoms with van der Waals surface area (Å²) in [5, 5.41) is 3.07. The first-order valence-corrected chi connectivity index (χ1v) is 8.07. The molecule has 4 fully saturated rings. The molecule has 0 heterocycles. The van der Waals surface area contributed by atoms with Crippen molar-refractivity contribution in [1.82, 2.24) is 5.32 Å². The lowest BCUT2D eigenvalue weighted by molar-refractivity contribution is -0.129. The average Bonchev–Trinajstić information content (AvgIpc) is 2.25. The molecule has 0 aromatic rings. The molecule has 4 aliphatic rings. The van der Waals surface area contributed by atoms with Crippen molar-refractivity contribution in [3.05, 3.63) is 0 Å². The van der Waals surface area contributed by atoms with E-state index in [1.165, 1.54) is 38.5 Å². The van der Waals surface area contributed by atoms with E-state index in [-0.39, 0.29) is 11.9 Å². The quantitative estimate of drug-likeness (QED) is 0.801. The van der Waals surface area contributed by atoms with Gasteiger partial charge in [-0.25, -0.2) is 0 Å². The van der Waals surface area contributed by atoms with E-state index in [1.807, 2.05) is 6.92 Å². The van der Waals surface area contributed by atoms with E-state index in [2.05, 4.69) is 5.32 Å². The Bertz CT molecular complexity index is 315. The summed E-state index contributed by atoms with van der Waals surface area (Å²) in [4.78, 5) is 12.2. The summed E-state index contributed by atoms with van der Waals surface area (Å²) in [6.45, 7) is 2.73. The lowest BCUT2D eigenvalue weighted by Gasteiger charge is -2.56. The number of nitrogens with one attached hydrogen (secondary N) is 1. The Balaban J connectivity index is 1.53. The highest BCUT2D eigenvalue weighted by molar-refractivity contribution is 5.76. The Morgan fingerprint density at radius 1 is 1.21 bits per heavy atom. The molecule has 0 spiro atoms. The van der Waals surface area contributed by atoms with Gasteiger partial charge in [-0.1, -0.05) is 0 Å². The van der Waals surface area contributed by atoms with Crippen molar-refractivity contribution in [3.63, 3.8) is 0 Å². The van der Waals surface area contributed by atoms with Gasteiger partial charge in [-0.3, -0.25) is 4.79 Å². The zero-order valence-electron chi connectivity index (χ0n) is 12.2. The molecule has 4 aliphatic carbocycles. The fourth-order valence-corrected chi connectivity index (χ4v) is 5.35. The standard InChI is InChI=1S/C16H28N2O/c1-11(17)2-3-18-15(19)10-16-7-12-4-13(8-16)6-14(5-12)9-16/h11-14H,2-10,17H2,1H3,(H,18,19). The van der Waals surface area contributed by atoms with E-state index in [9.17, 15) is 4.79 Å². The van der Waals surface area contributed by atoms with Gasteiger partial charge in [0.15, 0.2) is 0 Å². The van der Waals surface area contributed by atoms with Gasteiger partial charge < -0.3 is 11.1 Å². The summed E-state index contributed by atoms with van der Waals surface area (Å²) in [6, 6.07) is 0.180. The molecule has 0 aromatic heterocycles. The topological polar surface area (TPSA) is 55.1 Å². The lowest BCUT2D eigenvalue weighted by Crippen LogP contribution is -2.48. The summed E-state index contributed by atoms with van der Waals surface area (Å²) >= 11 is 0. The summed E-state index contributed by atoms with van der Waals surface area (Å²) < 4.78 is 0. The van der Waals surface area contributed by atoms with Crippen LogP contribution in [0.1, 0.15) is 58.3 Å². The molecule has 0 saturated heterocycles. The normalized spacial score (nSPS) is 41.3. The molecular formula is C16H28N2O. The van der Waals surface area contributed by atoms with Gasteiger partial charge in [-0.2, -0.15) is 0 Å². The molecule has 3 heteroatoms. The SMILES string of the molecule is CC(N)CCNC(=O)CC12CC3CC(CC(C3)C1)C2. The molecule has 1 atom stereocenters. The number of hydrogen-bond donors (Lipinski definition) is 2. The minimum Gasteiger partial charge on any atom is -0.356 e. The van der Waals surface area contributed by atoms with Crippen LogP contribution in [0, 0.1) is 23.2 Å². The minimum absolute atomic E-state index is 0.180. The highest BCUT2D eigenvalue weighted by Gasteiger charge is 2.51. The summed E-state index contributed by atoms with van der Waals surface area (Å²) in [7, 11) is 0. The van der Waals surface area contributed by atoms with Crippen LogP contribution in [0.3, 0.4) is 0 Å². The van der Waals surface area contributed by atoms with Crippen LogP contribution in [0.2, 0.25) is 0 Å².